The number of nitrogens with one attached hydrogen (secondary N) is 1. The van der Waals surface area contributed by atoms with Crippen molar-refractivity contribution in [1.29, 1.82) is 0 Å². The molecule has 1 aliphatic heterocycles. The molecule has 0 unspecified atom stereocenters. The Labute approximate surface area is 165 Å². The zero-order chi connectivity index (χ0) is 19.1. The first-order valence-corrected chi connectivity index (χ1v) is 9.64. The molecule has 0 saturated carbocycles. The molecule has 0 aliphatic carbocycles. The van der Waals surface area contributed by atoms with Gasteiger partial charge in [0.05, 0.1) is 24.4 Å². The van der Waals surface area contributed by atoms with Crippen LogP contribution in [0.4, 0.5) is 5.69 Å². The summed E-state index contributed by atoms with van der Waals surface area (Å²) in [4.78, 5) is 16.9. The number of para-hydroxylation sites is 1. The molecule has 1 heterocycles. The lowest BCUT2D eigenvalue weighted by Gasteiger charge is -2.34. The second-order valence-corrected chi connectivity index (χ2v) is 7.15. The van der Waals surface area contributed by atoms with Gasteiger partial charge in [0.25, 0.3) is 0 Å². The summed E-state index contributed by atoms with van der Waals surface area (Å²) < 4.78 is 5.20. The average molecular weight is 388 g/mol. The Morgan fingerprint density at radius 2 is 1.70 bits per heavy atom. The second kappa shape index (κ2) is 9.74. The Hall–Kier alpha value is -2.08. The number of methoxy groups -OCH3 is 1. The van der Waals surface area contributed by atoms with Crippen LogP contribution in [0.2, 0.25) is 5.02 Å². The summed E-state index contributed by atoms with van der Waals surface area (Å²) in [7, 11) is 1.68. The van der Waals surface area contributed by atoms with Crippen molar-refractivity contribution < 1.29 is 9.53 Å². The number of nitrogens with zero attached hydrogens (tertiary/aromatic N) is 2. The van der Waals surface area contributed by atoms with E-state index in [9.17, 15) is 4.79 Å². The fraction of sp³-hybridized carbons (Fsp3) is 0.381. The van der Waals surface area contributed by atoms with Gasteiger partial charge in [0.15, 0.2) is 0 Å². The highest BCUT2D eigenvalue weighted by Gasteiger charge is 2.19. The third-order valence-corrected chi connectivity index (χ3v) is 5.19. The van der Waals surface area contributed by atoms with E-state index < -0.39 is 0 Å². The number of hydrogen-bond donors (Lipinski definition) is 1. The van der Waals surface area contributed by atoms with Gasteiger partial charge in [-0.25, -0.2) is 0 Å². The highest BCUT2D eigenvalue weighted by molar-refractivity contribution is 6.33. The van der Waals surface area contributed by atoms with Crippen molar-refractivity contribution in [3.63, 3.8) is 0 Å². The van der Waals surface area contributed by atoms with Crippen molar-refractivity contribution in [3.05, 3.63) is 59.1 Å². The number of anilines is 1. The second-order valence-electron chi connectivity index (χ2n) is 6.74. The van der Waals surface area contributed by atoms with Crippen LogP contribution in [0.5, 0.6) is 5.75 Å². The first-order valence-electron chi connectivity index (χ1n) is 9.26. The third-order valence-electron chi connectivity index (χ3n) is 4.86. The molecule has 1 saturated heterocycles. The summed E-state index contributed by atoms with van der Waals surface area (Å²) in [6.07, 6.45) is 1.02. The summed E-state index contributed by atoms with van der Waals surface area (Å²) in [6.45, 7) is 5.20. The van der Waals surface area contributed by atoms with Crippen LogP contribution in [0.15, 0.2) is 48.5 Å². The molecule has 6 heteroatoms. The molecule has 1 N–H and O–H groups in total. The van der Waals surface area contributed by atoms with E-state index in [1.807, 2.05) is 30.3 Å². The number of rotatable bonds is 7. The maximum absolute atomic E-state index is 12.2. The van der Waals surface area contributed by atoms with Crippen LogP contribution in [0, 0.1) is 0 Å². The molecule has 1 amide bonds. The standard InChI is InChI=1S/C21H26ClN3O2/c1-27-18-8-6-17(7-9-18)10-11-24-12-14-25(15-13-24)16-21(26)23-20-5-3-2-4-19(20)22/h2-9H,10-16H2,1H3,(H,23,26). The smallest absolute Gasteiger partial charge is 0.238 e. The minimum absolute atomic E-state index is 0.0187. The Kier molecular flexibility index (Phi) is 7.10. The molecule has 0 radical (unpaired) electrons. The van der Waals surface area contributed by atoms with Crippen LogP contribution in [-0.2, 0) is 11.2 Å². The number of benzene rings is 2. The summed E-state index contributed by atoms with van der Waals surface area (Å²) in [6, 6.07) is 15.6. The van der Waals surface area contributed by atoms with E-state index in [0.717, 1.165) is 44.9 Å². The Morgan fingerprint density at radius 1 is 1.04 bits per heavy atom. The van der Waals surface area contributed by atoms with Crippen LogP contribution in [0.3, 0.4) is 0 Å². The molecule has 2 aromatic rings. The molecule has 0 aromatic heterocycles. The lowest BCUT2D eigenvalue weighted by molar-refractivity contribution is -0.117. The maximum atomic E-state index is 12.2. The van der Waals surface area contributed by atoms with Crippen molar-refractivity contribution in [2.45, 2.75) is 6.42 Å². The molecule has 0 spiro atoms. The van der Waals surface area contributed by atoms with Gasteiger partial charge in [-0.2, -0.15) is 0 Å². The predicted molar refractivity (Wildman–Crippen MR) is 110 cm³/mol. The number of halogens is 1. The van der Waals surface area contributed by atoms with Crippen molar-refractivity contribution in [2.24, 2.45) is 0 Å². The monoisotopic (exact) mass is 387 g/mol. The fourth-order valence-corrected chi connectivity index (χ4v) is 3.39. The maximum Gasteiger partial charge on any atom is 0.238 e. The van der Waals surface area contributed by atoms with Gasteiger partial charge in [0, 0.05) is 32.7 Å². The normalized spacial score (nSPS) is 15.5. The van der Waals surface area contributed by atoms with Gasteiger partial charge in [0.2, 0.25) is 5.91 Å². The SMILES string of the molecule is COc1ccc(CCN2CCN(CC(=O)Nc3ccccc3Cl)CC2)cc1. The molecule has 5 nitrogen and oxygen atoms in total. The number of carbonyl (C=O) groups excluding carboxylic acids is 1. The molecule has 1 fully saturated rings. The van der Waals surface area contributed by atoms with Crippen LogP contribution < -0.4 is 10.1 Å². The van der Waals surface area contributed by atoms with E-state index in [4.69, 9.17) is 16.3 Å². The van der Waals surface area contributed by atoms with Crippen molar-refractivity contribution in [2.75, 3.05) is 51.7 Å². The lowest BCUT2D eigenvalue weighted by atomic mass is 10.1. The minimum atomic E-state index is -0.0187. The largest absolute Gasteiger partial charge is 0.497 e. The fourth-order valence-electron chi connectivity index (χ4n) is 3.21. The van der Waals surface area contributed by atoms with Crippen LogP contribution in [0.25, 0.3) is 0 Å². The van der Waals surface area contributed by atoms with Gasteiger partial charge < -0.3 is 15.0 Å². The lowest BCUT2D eigenvalue weighted by Crippen LogP contribution is -2.49. The molecular weight excluding hydrogens is 362 g/mol. The predicted octanol–water partition coefficient (Wildman–Crippen LogP) is 3.15. The third kappa shape index (κ3) is 5.96. The van der Waals surface area contributed by atoms with E-state index >= 15 is 0 Å². The summed E-state index contributed by atoms with van der Waals surface area (Å²) in [5, 5.41) is 3.45. The molecule has 144 valence electrons. The topological polar surface area (TPSA) is 44.8 Å². The molecule has 3 rings (SSSR count). The number of amides is 1. The van der Waals surface area contributed by atoms with Crippen LogP contribution >= 0.6 is 11.6 Å². The number of hydrogen-bond acceptors (Lipinski definition) is 4. The van der Waals surface area contributed by atoms with E-state index in [0.29, 0.717) is 17.3 Å². The summed E-state index contributed by atoms with van der Waals surface area (Å²) >= 11 is 6.09. The van der Waals surface area contributed by atoms with Gasteiger partial charge in [-0.15, -0.1) is 0 Å². The summed E-state index contributed by atoms with van der Waals surface area (Å²) in [5.74, 6) is 0.872. The number of piperazine rings is 1. The van der Waals surface area contributed by atoms with Gasteiger partial charge in [-0.05, 0) is 36.2 Å². The zero-order valence-electron chi connectivity index (χ0n) is 15.7. The van der Waals surface area contributed by atoms with Gasteiger partial charge in [0.1, 0.15) is 5.75 Å². The molecule has 0 atom stereocenters. The molecule has 27 heavy (non-hydrogen) atoms. The van der Waals surface area contributed by atoms with Crippen LogP contribution in [0.1, 0.15) is 5.56 Å². The quantitative estimate of drug-likeness (QED) is 0.792. The van der Waals surface area contributed by atoms with Crippen molar-refractivity contribution >= 4 is 23.2 Å². The van der Waals surface area contributed by atoms with Crippen molar-refractivity contribution in [3.8, 4) is 5.75 Å². The molecule has 1 aliphatic rings. The molecule has 0 bridgehead atoms. The molecule has 2 aromatic carbocycles. The van der Waals surface area contributed by atoms with Gasteiger partial charge >= 0.3 is 0 Å². The van der Waals surface area contributed by atoms with E-state index in [1.54, 1.807) is 13.2 Å². The minimum Gasteiger partial charge on any atom is -0.497 e. The number of ether oxygens (including phenoxy) is 1. The Balaban J connectivity index is 1.38. The average Bonchev–Trinajstić information content (AvgIpc) is 2.69. The first-order chi connectivity index (χ1) is 13.1. The highest BCUT2D eigenvalue weighted by Crippen LogP contribution is 2.20. The molecular formula is C21H26ClN3O2. The van der Waals surface area contributed by atoms with Gasteiger partial charge in [-0.1, -0.05) is 35.9 Å². The van der Waals surface area contributed by atoms with E-state index in [1.165, 1.54) is 5.56 Å². The Bertz CT molecular complexity index is 743. The highest BCUT2D eigenvalue weighted by atomic mass is 35.5. The van der Waals surface area contributed by atoms with E-state index in [2.05, 4.69) is 27.2 Å². The van der Waals surface area contributed by atoms with E-state index in [-0.39, 0.29) is 5.91 Å². The van der Waals surface area contributed by atoms with Gasteiger partial charge in [-0.3, -0.25) is 9.69 Å². The Morgan fingerprint density at radius 3 is 2.37 bits per heavy atom. The zero-order valence-corrected chi connectivity index (χ0v) is 16.4. The van der Waals surface area contributed by atoms with Crippen molar-refractivity contribution in [1.82, 2.24) is 9.80 Å². The summed E-state index contributed by atoms with van der Waals surface area (Å²) in [5.41, 5.74) is 1.99. The first kappa shape index (κ1) is 19.7. The van der Waals surface area contributed by atoms with Crippen LogP contribution in [-0.4, -0.2) is 62.1 Å². The number of carbonyl (C=O) groups is 1.